The highest BCUT2D eigenvalue weighted by molar-refractivity contribution is 7.14. The van der Waals surface area contributed by atoms with Gasteiger partial charge < -0.3 is 9.80 Å². The molecule has 3 aromatic rings. The zero-order chi connectivity index (χ0) is 19.3. The van der Waals surface area contributed by atoms with Crippen LogP contribution in [0.3, 0.4) is 0 Å². The lowest BCUT2D eigenvalue weighted by atomic mass is 10.1. The van der Waals surface area contributed by atoms with Crippen LogP contribution >= 0.6 is 11.3 Å². The Balaban J connectivity index is 1.42. The van der Waals surface area contributed by atoms with E-state index in [0.717, 1.165) is 48.1 Å². The van der Waals surface area contributed by atoms with Crippen molar-refractivity contribution in [2.24, 2.45) is 5.10 Å². The minimum Gasteiger partial charge on any atom is -0.367 e. The molecule has 0 saturated carbocycles. The van der Waals surface area contributed by atoms with Gasteiger partial charge in [-0.25, -0.2) is 9.37 Å². The number of piperazine rings is 1. The Bertz CT molecular complexity index is 948. The Morgan fingerprint density at radius 1 is 1.11 bits per heavy atom. The largest absolute Gasteiger partial charge is 0.367 e. The Labute approximate surface area is 168 Å². The number of halogens is 1. The number of hydrazone groups is 1. The van der Waals surface area contributed by atoms with Crippen molar-refractivity contribution in [2.75, 3.05) is 43.6 Å². The Morgan fingerprint density at radius 3 is 2.68 bits per heavy atom. The second kappa shape index (κ2) is 8.50. The molecule has 0 radical (unpaired) electrons. The summed E-state index contributed by atoms with van der Waals surface area (Å²) in [6, 6.07) is 15.1. The molecule has 0 amide bonds. The van der Waals surface area contributed by atoms with Crippen molar-refractivity contribution in [3.8, 4) is 11.3 Å². The summed E-state index contributed by atoms with van der Waals surface area (Å²) in [5.74, 6) is -0.193. The number of rotatable bonds is 5. The van der Waals surface area contributed by atoms with E-state index >= 15 is 0 Å². The molecule has 1 aromatic heterocycles. The van der Waals surface area contributed by atoms with Crippen LogP contribution in [0, 0.1) is 5.82 Å². The van der Waals surface area contributed by atoms with Gasteiger partial charge in [-0.1, -0.05) is 36.4 Å². The molecule has 4 rings (SSSR count). The standard InChI is InChI=1S/C21H22FN5S/c1-26-9-11-27(12-10-26)20-13-16(7-8-18(20)22)14-23-25-21-24-19(15-28-21)17-5-3-2-4-6-17/h2-8,13-15H,9-12H2,1H3,(H,24,25). The van der Waals surface area contributed by atoms with Crippen molar-refractivity contribution in [3.05, 3.63) is 65.3 Å². The van der Waals surface area contributed by atoms with Gasteiger partial charge in [0.15, 0.2) is 0 Å². The number of anilines is 2. The molecule has 1 N–H and O–H groups in total. The zero-order valence-electron chi connectivity index (χ0n) is 15.7. The van der Waals surface area contributed by atoms with E-state index in [1.165, 1.54) is 17.4 Å². The highest BCUT2D eigenvalue weighted by Crippen LogP contribution is 2.25. The summed E-state index contributed by atoms with van der Waals surface area (Å²) in [5.41, 5.74) is 6.45. The lowest BCUT2D eigenvalue weighted by Gasteiger charge is -2.34. The van der Waals surface area contributed by atoms with Gasteiger partial charge in [0.2, 0.25) is 5.13 Å². The van der Waals surface area contributed by atoms with Gasteiger partial charge in [-0.3, -0.25) is 5.43 Å². The number of likely N-dealkylation sites (N-methyl/N-ethyl adjacent to an activating group) is 1. The third kappa shape index (κ3) is 4.37. The Kier molecular flexibility index (Phi) is 5.64. The quantitative estimate of drug-likeness (QED) is 0.521. The second-order valence-corrected chi connectivity index (χ2v) is 7.63. The Morgan fingerprint density at radius 2 is 1.89 bits per heavy atom. The number of aromatic nitrogens is 1. The number of thiazole rings is 1. The SMILES string of the molecule is CN1CCN(c2cc(C=NNc3nc(-c4ccccc4)cs3)ccc2F)CC1. The smallest absolute Gasteiger partial charge is 0.203 e. The molecule has 28 heavy (non-hydrogen) atoms. The molecule has 2 heterocycles. The van der Waals surface area contributed by atoms with E-state index in [-0.39, 0.29) is 5.82 Å². The third-order valence-corrected chi connectivity index (χ3v) is 5.51. The minimum atomic E-state index is -0.193. The molecule has 7 heteroatoms. The maximum absolute atomic E-state index is 14.3. The lowest BCUT2D eigenvalue weighted by molar-refractivity contribution is 0.311. The van der Waals surface area contributed by atoms with Crippen LogP contribution in [0.4, 0.5) is 15.2 Å². The number of hydrogen-bond acceptors (Lipinski definition) is 6. The molecule has 2 aromatic carbocycles. The number of nitrogens with one attached hydrogen (secondary N) is 1. The molecule has 0 spiro atoms. The molecule has 0 atom stereocenters. The summed E-state index contributed by atoms with van der Waals surface area (Å²) in [6.07, 6.45) is 1.70. The monoisotopic (exact) mass is 395 g/mol. The summed E-state index contributed by atoms with van der Waals surface area (Å²) < 4.78 is 14.3. The van der Waals surface area contributed by atoms with E-state index in [0.29, 0.717) is 5.69 Å². The highest BCUT2D eigenvalue weighted by Gasteiger charge is 2.17. The van der Waals surface area contributed by atoms with Crippen LogP contribution in [0.1, 0.15) is 5.56 Å². The van der Waals surface area contributed by atoms with Crippen LogP contribution in [0.25, 0.3) is 11.3 Å². The second-order valence-electron chi connectivity index (χ2n) is 6.78. The van der Waals surface area contributed by atoms with Gasteiger partial charge in [-0.2, -0.15) is 5.10 Å². The van der Waals surface area contributed by atoms with Crippen LogP contribution in [0.2, 0.25) is 0 Å². The van der Waals surface area contributed by atoms with Crippen molar-refractivity contribution in [2.45, 2.75) is 0 Å². The van der Waals surface area contributed by atoms with Crippen molar-refractivity contribution in [3.63, 3.8) is 0 Å². The Hall–Kier alpha value is -2.77. The normalized spacial score (nSPS) is 15.3. The fraction of sp³-hybridized carbons (Fsp3) is 0.238. The molecule has 144 valence electrons. The van der Waals surface area contributed by atoms with Gasteiger partial charge in [0.25, 0.3) is 0 Å². The zero-order valence-corrected chi connectivity index (χ0v) is 16.5. The number of benzene rings is 2. The topological polar surface area (TPSA) is 43.8 Å². The minimum absolute atomic E-state index is 0.193. The molecular formula is C21H22FN5S. The molecular weight excluding hydrogens is 373 g/mol. The number of nitrogens with zero attached hydrogens (tertiary/aromatic N) is 4. The first kappa shape index (κ1) is 18.6. The van der Waals surface area contributed by atoms with Gasteiger partial charge in [-0.15, -0.1) is 11.3 Å². The predicted molar refractivity (Wildman–Crippen MR) is 115 cm³/mol. The van der Waals surface area contributed by atoms with E-state index < -0.39 is 0 Å². The van der Waals surface area contributed by atoms with Gasteiger partial charge in [0.05, 0.1) is 17.6 Å². The molecule has 0 unspecified atom stereocenters. The van der Waals surface area contributed by atoms with Gasteiger partial charge in [0.1, 0.15) is 5.82 Å². The van der Waals surface area contributed by atoms with Crippen LogP contribution in [0.5, 0.6) is 0 Å². The van der Waals surface area contributed by atoms with Crippen LogP contribution < -0.4 is 10.3 Å². The summed E-state index contributed by atoms with van der Waals surface area (Å²) in [4.78, 5) is 8.89. The van der Waals surface area contributed by atoms with E-state index in [1.54, 1.807) is 12.3 Å². The molecule has 1 saturated heterocycles. The van der Waals surface area contributed by atoms with Crippen LogP contribution in [-0.4, -0.2) is 49.3 Å². The van der Waals surface area contributed by atoms with E-state index in [9.17, 15) is 4.39 Å². The fourth-order valence-electron chi connectivity index (χ4n) is 3.13. The summed E-state index contributed by atoms with van der Waals surface area (Å²) in [5, 5.41) is 6.99. The first-order valence-corrected chi connectivity index (χ1v) is 10.1. The average molecular weight is 396 g/mol. The maximum Gasteiger partial charge on any atom is 0.203 e. The summed E-state index contributed by atoms with van der Waals surface area (Å²) in [7, 11) is 2.09. The highest BCUT2D eigenvalue weighted by atomic mass is 32.1. The van der Waals surface area contributed by atoms with Gasteiger partial charge in [-0.05, 0) is 24.7 Å². The molecule has 1 fully saturated rings. The van der Waals surface area contributed by atoms with E-state index in [2.05, 4.69) is 32.4 Å². The van der Waals surface area contributed by atoms with Crippen molar-refractivity contribution >= 4 is 28.4 Å². The van der Waals surface area contributed by atoms with Crippen molar-refractivity contribution in [1.82, 2.24) is 9.88 Å². The third-order valence-electron chi connectivity index (χ3n) is 4.76. The van der Waals surface area contributed by atoms with Gasteiger partial charge >= 0.3 is 0 Å². The molecule has 1 aliphatic heterocycles. The average Bonchev–Trinajstić information content (AvgIpc) is 3.20. The van der Waals surface area contributed by atoms with Crippen molar-refractivity contribution < 1.29 is 4.39 Å². The lowest BCUT2D eigenvalue weighted by Crippen LogP contribution is -2.44. The number of hydrogen-bond donors (Lipinski definition) is 1. The first-order valence-electron chi connectivity index (χ1n) is 9.22. The van der Waals surface area contributed by atoms with E-state index in [1.807, 2.05) is 41.8 Å². The first-order chi connectivity index (χ1) is 13.7. The van der Waals surface area contributed by atoms with Crippen LogP contribution in [0.15, 0.2) is 59.0 Å². The van der Waals surface area contributed by atoms with Gasteiger partial charge in [0, 0.05) is 37.1 Å². The predicted octanol–water partition coefficient (Wildman–Crippen LogP) is 4.15. The van der Waals surface area contributed by atoms with Crippen LogP contribution in [-0.2, 0) is 0 Å². The molecule has 0 aliphatic carbocycles. The molecule has 0 bridgehead atoms. The molecule has 5 nitrogen and oxygen atoms in total. The van der Waals surface area contributed by atoms with Crippen molar-refractivity contribution in [1.29, 1.82) is 0 Å². The molecule has 1 aliphatic rings. The maximum atomic E-state index is 14.3. The summed E-state index contributed by atoms with van der Waals surface area (Å²) in [6.45, 7) is 3.53. The van der Waals surface area contributed by atoms with E-state index in [4.69, 9.17) is 0 Å². The fourth-order valence-corrected chi connectivity index (χ4v) is 3.80. The summed E-state index contributed by atoms with van der Waals surface area (Å²) >= 11 is 1.50.